The van der Waals surface area contributed by atoms with Crippen LogP contribution < -0.4 is 10.6 Å². The van der Waals surface area contributed by atoms with Crippen LogP contribution in [0.15, 0.2) is 12.4 Å². The lowest BCUT2D eigenvalue weighted by atomic mass is 10.1. The van der Waals surface area contributed by atoms with Gasteiger partial charge in [-0.05, 0) is 19.8 Å². The Labute approximate surface area is 123 Å². The molecule has 0 aliphatic heterocycles. The Morgan fingerprint density at radius 3 is 2.48 bits per heavy atom. The molecule has 2 N–H and O–H groups in total. The molecular formula is C13H21N7O. The minimum absolute atomic E-state index is 0.196. The molecule has 0 aliphatic carbocycles. The molecule has 8 nitrogen and oxygen atoms in total. The van der Waals surface area contributed by atoms with Crippen LogP contribution in [0.1, 0.15) is 45.3 Å². The van der Waals surface area contributed by atoms with Crippen LogP contribution in [0, 0.1) is 0 Å². The van der Waals surface area contributed by atoms with Crippen LogP contribution >= 0.6 is 0 Å². The van der Waals surface area contributed by atoms with Gasteiger partial charge in [-0.25, -0.2) is 9.48 Å². The van der Waals surface area contributed by atoms with Crippen LogP contribution in [-0.4, -0.2) is 30.8 Å². The summed E-state index contributed by atoms with van der Waals surface area (Å²) < 4.78 is 3.36. The number of urea groups is 1. The predicted octanol–water partition coefficient (Wildman–Crippen LogP) is 2.36. The van der Waals surface area contributed by atoms with Gasteiger partial charge in [0.05, 0.1) is 17.6 Å². The van der Waals surface area contributed by atoms with Gasteiger partial charge in [-0.1, -0.05) is 19.1 Å². The summed E-state index contributed by atoms with van der Waals surface area (Å²) in [4.78, 5) is 12.0. The number of nitrogens with zero attached hydrogens (tertiary/aromatic N) is 5. The van der Waals surface area contributed by atoms with E-state index in [0.717, 1.165) is 5.69 Å². The molecule has 0 saturated carbocycles. The summed E-state index contributed by atoms with van der Waals surface area (Å²) in [7, 11) is 1.82. The van der Waals surface area contributed by atoms with Gasteiger partial charge in [0.15, 0.2) is 5.82 Å². The highest BCUT2D eigenvalue weighted by molar-refractivity contribution is 5.99. The molecule has 2 amide bonds. The molecule has 0 saturated heterocycles. The van der Waals surface area contributed by atoms with Gasteiger partial charge in [0.1, 0.15) is 0 Å². The van der Waals surface area contributed by atoms with E-state index in [9.17, 15) is 4.79 Å². The Hall–Kier alpha value is -2.38. The number of aryl methyl sites for hydroxylation is 1. The summed E-state index contributed by atoms with van der Waals surface area (Å²) in [5.74, 6) is 0.638. The van der Waals surface area contributed by atoms with Gasteiger partial charge in [-0.15, -0.1) is 5.10 Å². The number of amides is 2. The topological polar surface area (TPSA) is 89.7 Å². The highest BCUT2D eigenvalue weighted by Gasteiger charge is 2.14. The number of nitrogens with one attached hydrogen (secondary N) is 2. The second kappa shape index (κ2) is 5.94. The SMILES string of the molecule is CC(C)c1nn(C)cc1NC(=O)Nc1cn(C(C)C)nn1. The van der Waals surface area contributed by atoms with Crippen molar-refractivity contribution in [2.24, 2.45) is 7.05 Å². The van der Waals surface area contributed by atoms with Crippen molar-refractivity contribution in [1.82, 2.24) is 24.8 Å². The van der Waals surface area contributed by atoms with Crippen LogP contribution in [-0.2, 0) is 7.05 Å². The maximum Gasteiger partial charge on any atom is 0.325 e. The standard InChI is InChI=1S/C13H21N7O/c1-8(2)12-10(6-19(5)17-12)14-13(21)15-11-7-20(9(3)4)18-16-11/h6-9H,1-5H3,(H2,14,15,21). The van der Waals surface area contributed by atoms with E-state index in [2.05, 4.69) is 26.0 Å². The van der Waals surface area contributed by atoms with Crippen molar-refractivity contribution in [1.29, 1.82) is 0 Å². The van der Waals surface area contributed by atoms with E-state index < -0.39 is 0 Å². The molecule has 21 heavy (non-hydrogen) atoms. The van der Waals surface area contributed by atoms with Gasteiger partial charge in [-0.3, -0.25) is 10.00 Å². The number of hydrogen-bond acceptors (Lipinski definition) is 4. The van der Waals surface area contributed by atoms with Crippen LogP contribution in [0.25, 0.3) is 0 Å². The Balaban J connectivity index is 2.04. The van der Waals surface area contributed by atoms with Gasteiger partial charge < -0.3 is 5.32 Å². The van der Waals surface area contributed by atoms with Crippen molar-refractivity contribution in [3.8, 4) is 0 Å². The summed E-state index contributed by atoms with van der Waals surface area (Å²) in [6.45, 7) is 8.03. The first-order valence-electron chi connectivity index (χ1n) is 6.90. The highest BCUT2D eigenvalue weighted by Crippen LogP contribution is 2.22. The van der Waals surface area contributed by atoms with Gasteiger partial charge in [0.25, 0.3) is 0 Å². The number of carbonyl (C=O) groups is 1. The fourth-order valence-corrected chi connectivity index (χ4v) is 1.88. The van der Waals surface area contributed by atoms with Crippen LogP contribution in [0.4, 0.5) is 16.3 Å². The van der Waals surface area contributed by atoms with Gasteiger partial charge in [-0.2, -0.15) is 5.10 Å². The summed E-state index contributed by atoms with van der Waals surface area (Å²) in [6, 6.07) is -0.164. The molecule has 0 spiro atoms. The van der Waals surface area contributed by atoms with Gasteiger partial charge in [0, 0.05) is 19.3 Å². The maximum atomic E-state index is 12.0. The average Bonchev–Trinajstić information content (AvgIpc) is 2.96. The zero-order chi connectivity index (χ0) is 15.6. The molecule has 2 aromatic heterocycles. The van der Waals surface area contributed by atoms with E-state index in [1.54, 1.807) is 21.8 Å². The molecule has 0 atom stereocenters. The van der Waals surface area contributed by atoms with Crippen molar-refractivity contribution in [3.05, 3.63) is 18.1 Å². The molecule has 2 heterocycles. The van der Waals surface area contributed by atoms with Gasteiger partial charge in [0.2, 0.25) is 0 Å². The Morgan fingerprint density at radius 1 is 1.19 bits per heavy atom. The van der Waals surface area contributed by atoms with Crippen molar-refractivity contribution < 1.29 is 4.79 Å². The van der Waals surface area contributed by atoms with Gasteiger partial charge >= 0.3 is 6.03 Å². The minimum atomic E-state index is -0.360. The van der Waals surface area contributed by atoms with Crippen LogP contribution in [0.5, 0.6) is 0 Å². The van der Waals surface area contributed by atoms with Crippen LogP contribution in [0.2, 0.25) is 0 Å². The molecular weight excluding hydrogens is 270 g/mol. The molecule has 0 fully saturated rings. The fourth-order valence-electron chi connectivity index (χ4n) is 1.88. The third-order valence-electron chi connectivity index (χ3n) is 2.93. The first-order chi connectivity index (χ1) is 9.86. The molecule has 0 unspecified atom stereocenters. The van der Waals surface area contributed by atoms with Crippen molar-refractivity contribution >= 4 is 17.5 Å². The summed E-state index contributed by atoms with van der Waals surface area (Å²) in [5, 5.41) is 17.6. The first-order valence-corrected chi connectivity index (χ1v) is 6.90. The number of aromatic nitrogens is 5. The average molecular weight is 291 g/mol. The number of hydrogen-bond donors (Lipinski definition) is 2. The number of rotatable bonds is 4. The largest absolute Gasteiger partial charge is 0.325 e. The van der Waals surface area contributed by atoms with E-state index in [1.165, 1.54) is 0 Å². The lowest BCUT2D eigenvalue weighted by Crippen LogP contribution is -2.20. The summed E-state index contributed by atoms with van der Waals surface area (Å²) in [5.41, 5.74) is 1.54. The zero-order valence-electron chi connectivity index (χ0n) is 13.0. The molecule has 114 valence electrons. The van der Waals surface area contributed by atoms with E-state index in [-0.39, 0.29) is 18.0 Å². The normalized spacial score (nSPS) is 11.2. The van der Waals surface area contributed by atoms with E-state index in [1.807, 2.05) is 34.7 Å². The Morgan fingerprint density at radius 2 is 1.90 bits per heavy atom. The minimum Gasteiger partial charge on any atom is -0.305 e. The maximum absolute atomic E-state index is 12.0. The Kier molecular flexibility index (Phi) is 4.25. The van der Waals surface area contributed by atoms with Crippen molar-refractivity contribution in [2.45, 2.75) is 39.7 Å². The summed E-state index contributed by atoms with van der Waals surface area (Å²) >= 11 is 0. The predicted molar refractivity (Wildman–Crippen MR) is 80.3 cm³/mol. The molecule has 2 rings (SSSR count). The van der Waals surface area contributed by atoms with E-state index in [4.69, 9.17) is 0 Å². The molecule has 0 aliphatic rings. The van der Waals surface area contributed by atoms with E-state index >= 15 is 0 Å². The fraction of sp³-hybridized carbons (Fsp3) is 0.538. The smallest absolute Gasteiger partial charge is 0.305 e. The third kappa shape index (κ3) is 3.59. The van der Waals surface area contributed by atoms with Crippen molar-refractivity contribution in [3.63, 3.8) is 0 Å². The molecule has 0 aromatic carbocycles. The molecule has 0 radical (unpaired) electrons. The molecule has 0 bridgehead atoms. The summed E-state index contributed by atoms with van der Waals surface area (Å²) in [6.07, 6.45) is 3.47. The first kappa shape index (κ1) is 15.0. The Bertz CT molecular complexity index is 626. The number of carbonyl (C=O) groups excluding carboxylic acids is 1. The second-order valence-corrected chi connectivity index (χ2v) is 5.51. The quantitative estimate of drug-likeness (QED) is 0.904. The second-order valence-electron chi connectivity index (χ2n) is 5.51. The van der Waals surface area contributed by atoms with E-state index in [0.29, 0.717) is 11.5 Å². The van der Waals surface area contributed by atoms with Crippen molar-refractivity contribution in [2.75, 3.05) is 10.6 Å². The zero-order valence-corrected chi connectivity index (χ0v) is 13.0. The molecule has 8 heteroatoms. The lowest BCUT2D eigenvalue weighted by molar-refractivity contribution is 0.262. The lowest BCUT2D eigenvalue weighted by Gasteiger charge is -2.07. The monoisotopic (exact) mass is 291 g/mol. The molecule has 2 aromatic rings. The highest BCUT2D eigenvalue weighted by atomic mass is 16.2. The van der Waals surface area contributed by atoms with Crippen LogP contribution in [0.3, 0.4) is 0 Å². The third-order valence-corrected chi connectivity index (χ3v) is 2.93. The number of anilines is 2.